The van der Waals surface area contributed by atoms with E-state index in [-0.39, 0.29) is 17.0 Å². The average Bonchev–Trinajstić information content (AvgIpc) is 3.19. The predicted octanol–water partition coefficient (Wildman–Crippen LogP) is 4.14. The molecule has 29 heavy (non-hydrogen) atoms. The van der Waals surface area contributed by atoms with Gasteiger partial charge in [0.25, 0.3) is 0 Å². The van der Waals surface area contributed by atoms with Crippen LogP contribution in [-0.2, 0) is 4.79 Å². The van der Waals surface area contributed by atoms with Crippen LogP contribution in [0.2, 0.25) is 0 Å². The van der Waals surface area contributed by atoms with Crippen molar-refractivity contribution >= 4 is 39.2 Å². The van der Waals surface area contributed by atoms with Gasteiger partial charge in [-0.2, -0.15) is 0 Å². The summed E-state index contributed by atoms with van der Waals surface area (Å²) in [5.74, 6) is -0.113. The minimum atomic E-state index is -0.262. The number of fused-ring (bicyclic) bond motifs is 1. The Balaban J connectivity index is 1.57. The molecule has 3 aromatic rings. The van der Waals surface area contributed by atoms with Crippen LogP contribution in [0.4, 0.5) is 4.39 Å². The summed E-state index contributed by atoms with van der Waals surface area (Å²) in [6, 6.07) is 6.44. The lowest BCUT2D eigenvalue weighted by Gasteiger charge is -2.35. The molecule has 1 amide bonds. The van der Waals surface area contributed by atoms with Gasteiger partial charge in [-0.15, -0.1) is 11.3 Å². The summed E-state index contributed by atoms with van der Waals surface area (Å²) in [6.07, 6.45) is 1.55. The summed E-state index contributed by atoms with van der Waals surface area (Å²) in [5, 5.41) is 3.52. The minimum absolute atomic E-state index is 0.149. The summed E-state index contributed by atoms with van der Waals surface area (Å²) >= 11 is 3.01. The molecule has 0 aliphatic carbocycles. The Kier molecular flexibility index (Phi) is 6.12. The van der Waals surface area contributed by atoms with Crippen LogP contribution in [0.25, 0.3) is 21.3 Å². The second-order valence-electron chi connectivity index (χ2n) is 7.03. The lowest BCUT2D eigenvalue weighted by Crippen LogP contribution is -2.50. The lowest BCUT2D eigenvalue weighted by molar-refractivity contribution is -0.132. The molecule has 1 saturated heterocycles. The van der Waals surface area contributed by atoms with Crippen molar-refractivity contribution in [2.45, 2.75) is 24.1 Å². The Bertz CT molecular complexity index is 1000. The molecule has 5 nitrogen and oxygen atoms in total. The first-order chi connectivity index (χ1) is 14.1. The standard InChI is InChI=1S/C21H23FN4OS2/c1-3-25-8-10-26(11-9-25)21(27)14(2)29-20-18-17(12-28-19(18)23-13-24-20)15-4-6-16(22)7-5-15/h4-7,12-14H,3,8-11H2,1-2H3/t14-/m1/s1. The average molecular weight is 431 g/mol. The second-order valence-corrected chi connectivity index (χ2v) is 9.22. The van der Waals surface area contributed by atoms with Gasteiger partial charge in [-0.05, 0) is 31.2 Å². The summed E-state index contributed by atoms with van der Waals surface area (Å²) in [7, 11) is 0. The maximum atomic E-state index is 13.3. The van der Waals surface area contributed by atoms with Crippen molar-refractivity contribution in [1.29, 1.82) is 0 Å². The number of thiophene rings is 1. The van der Waals surface area contributed by atoms with E-state index in [2.05, 4.69) is 21.8 Å². The molecule has 0 N–H and O–H groups in total. The van der Waals surface area contributed by atoms with Gasteiger partial charge in [-0.3, -0.25) is 4.79 Å². The van der Waals surface area contributed by atoms with Gasteiger partial charge in [0.1, 0.15) is 22.0 Å². The molecule has 0 unspecified atom stereocenters. The van der Waals surface area contributed by atoms with Crippen molar-refractivity contribution in [2.75, 3.05) is 32.7 Å². The maximum absolute atomic E-state index is 13.3. The second kappa shape index (κ2) is 8.77. The van der Waals surface area contributed by atoms with Gasteiger partial charge in [0.15, 0.2) is 0 Å². The van der Waals surface area contributed by atoms with Gasteiger partial charge in [-0.25, -0.2) is 14.4 Å². The number of amides is 1. The molecule has 1 aliphatic rings. The first-order valence-corrected chi connectivity index (χ1v) is 11.5. The molecule has 0 saturated carbocycles. The highest BCUT2D eigenvalue weighted by Gasteiger charge is 2.26. The summed E-state index contributed by atoms with van der Waals surface area (Å²) in [6.45, 7) is 8.52. The van der Waals surface area contributed by atoms with Gasteiger partial charge in [-0.1, -0.05) is 30.8 Å². The molecule has 0 spiro atoms. The third kappa shape index (κ3) is 4.29. The number of carbonyl (C=O) groups is 1. The molecule has 1 aliphatic heterocycles. The van der Waals surface area contributed by atoms with Crippen molar-refractivity contribution in [3.8, 4) is 11.1 Å². The molecule has 1 fully saturated rings. The zero-order valence-corrected chi connectivity index (χ0v) is 18.1. The fourth-order valence-electron chi connectivity index (χ4n) is 3.54. The van der Waals surface area contributed by atoms with Crippen LogP contribution in [0, 0.1) is 5.82 Å². The highest BCUT2D eigenvalue weighted by atomic mass is 32.2. The number of rotatable bonds is 5. The molecule has 2 aromatic heterocycles. The van der Waals surface area contributed by atoms with Crippen LogP contribution < -0.4 is 0 Å². The van der Waals surface area contributed by atoms with Gasteiger partial charge in [0.05, 0.1) is 10.6 Å². The summed E-state index contributed by atoms with van der Waals surface area (Å²) in [4.78, 5) is 27.0. The molecular formula is C21H23FN4OS2. The van der Waals surface area contributed by atoms with E-state index >= 15 is 0 Å². The van der Waals surface area contributed by atoms with Crippen LogP contribution in [-0.4, -0.2) is 63.6 Å². The van der Waals surface area contributed by atoms with E-state index in [0.29, 0.717) is 0 Å². The number of thioether (sulfide) groups is 1. The quantitative estimate of drug-likeness (QED) is 0.450. The Morgan fingerprint density at radius 2 is 1.93 bits per heavy atom. The normalized spacial score (nSPS) is 16.3. The molecule has 8 heteroatoms. The molecule has 0 bridgehead atoms. The number of carbonyl (C=O) groups excluding carboxylic acids is 1. The van der Waals surface area contributed by atoms with Gasteiger partial charge in [0, 0.05) is 37.1 Å². The monoisotopic (exact) mass is 430 g/mol. The van der Waals surface area contributed by atoms with E-state index in [9.17, 15) is 9.18 Å². The molecule has 0 radical (unpaired) electrons. The number of nitrogens with zero attached hydrogens (tertiary/aromatic N) is 4. The molecule has 152 valence electrons. The van der Waals surface area contributed by atoms with Crippen LogP contribution >= 0.6 is 23.1 Å². The number of halogens is 1. The number of likely N-dealkylation sites (N-methyl/N-ethyl adjacent to an activating group) is 1. The van der Waals surface area contributed by atoms with Gasteiger partial charge >= 0.3 is 0 Å². The van der Waals surface area contributed by atoms with E-state index in [1.807, 2.05) is 17.2 Å². The first kappa shape index (κ1) is 20.3. The van der Waals surface area contributed by atoms with Gasteiger partial charge < -0.3 is 9.80 Å². The molecule has 1 aromatic carbocycles. The number of aromatic nitrogens is 2. The lowest BCUT2D eigenvalue weighted by atomic mass is 10.1. The number of benzene rings is 1. The zero-order valence-electron chi connectivity index (χ0n) is 16.5. The van der Waals surface area contributed by atoms with Crippen LogP contribution in [0.15, 0.2) is 41.0 Å². The van der Waals surface area contributed by atoms with E-state index in [1.54, 1.807) is 18.5 Å². The van der Waals surface area contributed by atoms with Crippen molar-refractivity contribution in [3.63, 3.8) is 0 Å². The van der Waals surface area contributed by atoms with Crippen molar-refractivity contribution < 1.29 is 9.18 Å². The van der Waals surface area contributed by atoms with E-state index in [1.165, 1.54) is 35.2 Å². The molecule has 3 heterocycles. The number of hydrogen-bond donors (Lipinski definition) is 0. The summed E-state index contributed by atoms with van der Waals surface area (Å²) < 4.78 is 13.3. The first-order valence-electron chi connectivity index (χ1n) is 9.72. The molecular weight excluding hydrogens is 407 g/mol. The topological polar surface area (TPSA) is 49.3 Å². The third-order valence-electron chi connectivity index (χ3n) is 5.26. The summed E-state index contributed by atoms with van der Waals surface area (Å²) in [5.41, 5.74) is 1.90. The third-order valence-corrected chi connectivity index (χ3v) is 7.23. The molecule has 1 atom stereocenters. The van der Waals surface area contributed by atoms with E-state index < -0.39 is 0 Å². The van der Waals surface area contributed by atoms with Crippen LogP contribution in [0.5, 0.6) is 0 Å². The fraction of sp³-hybridized carbons (Fsp3) is 0.381. The minimum Gasteiger partial charge on any atom is -0.339 e. The van der Waals surface area contributed by atoms with Crippen LogP contribution in [0.3, 0.4) is 0 Å². The highest BCUT2D eigenvalue weighted by Crippen LogP contribution is 2.39. The predicted molar refractivity (Wildman–Crippen MR) is 117 cm³/mol. The smallest absolute Gasteiger partial charge is 0.235 e. The van der Waals surface area contributed by atoms with Gasteiger partial charge in [0.2, 0.25) is 5.91 Å². The zero-order chi connectivity index (χ0) is 20.4. The van der Waals surface area contributed by atoms with E-state index in [4.69, 9.17) is 0 Å². The largest absolute Gasteiger partial charge is 0.339 e. The Morgan fingerprint density at radius 1 is 1.21 bits per heavy atom. The van der Waals surface area contributed by atoms with Crippen molar-refractivity contribution in [1.82, 2.24) is 19.8 Å². The Hall–Kier alpha value is -2.03. The fourth-order valence-corrected chi connectivity index (χ4v) is 5.54. The van der Waals surface area contributed by atoms with Crippen LogP contribution in [0.1, 0.15) is 13.8 Å². The Labute approximate surface area is 177 Å². The molecule has 4 rings (SSSR count). The highest BCUT2D eigenvalue weighted by molar-refractivity contribution is 8.00. The van der Waals surface area contributed by atoms with Crippen molar-refractivity contribution in [3.05, 3.63) is 41.8 Å². The van der Waals surface area contributed by atoms with E-state index in [0.717, 1.165) is 59.1 Å². The van der Waals surface area contributed by atoms with Crippen molar-refractivity contribution in [2.24, 2.45) is 0 Å². The maximum Gasteiger partial charge on any atom is 0.235 e. The Morgan fingerprint density at radius 3 is 2.62 bits per heavy atom. The number of piperazine rings is 1. The SMILES string of the molecule is CCN1CCN(C(=O)[C@@H](C)Sc2ncnc3scc(-c4ccc(F)cc4)c23)CC1. The number of hydrogen-bond acceptors (Lipinski definition) is 6.